The minimum Gasteiger partial charge on any atom is -0.494 e. The molecule has 1 aliphatic heterocycles. The number of carbonyl (C=O) groups excluding carboxylic acids is 2. The smallest absolute Gasteiger partial charge is 0.282 e. The minimum atomic E-state index is -0.542. The molecule has 4 rings (SSSR count). The summed E-state index contributed by atoms with van der Waals surface area (Å²) in [6.45, 7) is 8.78. The number of imide groups is 1. The van der Waals surface area contributed by atoms with E-state index in [0.717, 1.165) is 10.5 Å². The highest BCUT2D eigenvalue weighted by atomic mass is 19.1. The molecule has 3 aromatic carbocycles. The molecule has 0 bridgehead atoms. The van der Waals surface area contributed by atoms with E-state index in [1.165, 1.54) is 24.3 Å². The van der Waals surface area contributed by atoms with Crippen LogP contribution in [-0.4, -0.2) is 18.4 Å². The molecule has 5 nitrogen and oxygen atoms in total. The summed E-state index contributed by atoms with van der Waals surface area (Å²) in [5.41, 5.74) is 2.91. The molecule has 3 aromatic rings. The Kier molecular flexibility index (Phi) is 6.24. The molecule has 1 N–H and O–H groups in total. The van der Waals surface area contributed by atoms with Crippen LogP contribution in [0.1, 0.15) is 38.8 Å². The van der Waals surface area contributed by atoms with Crippen molar-refractivity contribution in [2.24, 2.45) is 0 Å². The van der Waals surface area contributed by atoms with Crippen LogP contribution in [-0.2, 0) is 15.0 Å². The molecule has 0 aromatic heterocycles. The van der Waals surface area contributed by atoms with Gasteiger partial charge in [0, 0.05) is 5.69 Å². The summed E-state index contributed by atoms with van der Waals surface area (Å²) in [6.07, 6.45) is 0. The van der Waals surface area contributed by atoms with Gasteiger partial charge in [-0.2, -0.15) is 0 Å². The molecule has 34 heavy (non-hydrogen) atoms. The molecule has 0 aliphatic carbocycles. The van der Waals surface area contributed by atoms with Crippen molar-refractivity contribution in [2.75, 3.05) is 16.8 Å². The van der Waals surface area contributed by atoms with Gasteiger partial charge in [0.2, 0.25) is 0 Å². The van der Waals surface area contributed by atoms with Gasteiger partial charge in [-0.25, -0.2) is 9.29 Å². The van der Waals surface area contributed by atoms with E-state index in [-0.39, 0.29) is 22.4 Å². The third-order valence-corrected chi connectivity index (χ3v) is 5.62. The highest BCUT2D eigenvalue weighted by Gasteiger charge is 2.40. The van der Waals surface area contributed by atoms with E-state index in [9.17, 15) is 14.0 Å². The average Bonchev–Trinajstić information content (AvgIpc) is 3.03. The molecule has 174 valence electrons. The first-order valence-electron chi connectivity index (χ1n) is 11.2. The van der Waals surface area contributed by atoms with E-state index in [1.54, 1.807) is 24.3 Å². The van der Waals surface area contributed by atoms with Crippen molar-refractivity contribution in [1.29, 1.82) is 0 Å². The Labute approximate surface area is 198 Å². The fourth-order valence-corrected chi connectivity index (χ4v) is 3.85. The first kappa shape index (κ1) is 23.2. The standard InChI is InChI=1S/C28H27FN2O3/c1-5-34-23-15-9-18(10-16-23)24-25(30-21-13-11-19(12-14-21)28(2,3)4)27(33)31(26(24)32)22-8-6-7-20(29)17-22/h6-17,30H,5H2,1-4H3. The number of anilines is 2. The van der Waals surface area contributed by atoms with E-state index < -0.39 is 17.6 Å². The van der Waals surface area contributed by atoms with Gasteiger partial charge in [-0.05, 0) is 65.9 Å². The Morgan fingerprint density at radius 3 is 2.18 bits per heavy atom. The summed E-state index contributed by atoms with van der Waals surface area (Å²) in [6, 6.07) is 20.2. The van der Waals surface area contributed by atoms with Crippen molar-refractivity contribution in [3.8, 4) is 5.75 Å². The van der Waals surface area contributed by atoms with Crippen LogP contribution in [0.3, 0.4) is 0 Å². The maximum absolute atomic E-state index is 13.9. The number of hydrogen-bond donors (Lipinski definition) is 1. The second-order valence-corrected chi connectivity index (χ2v) is 9.09. The van der Waals surface area contributed by atoms with Crippen molar-refractivity contribution < 1.29 is 18.7 Å². The Hall–Kier alpha value is -3.93. The summed E-state index contributed by atoms with van der Waals surface area (Å²) < 4.78 is 19.4. The van der Waals surface area contributed by atoms with Crippen LogP contribution in [0.4, 0.5) is 15.8 Å². The lowest BCUT2D eigenvalue weighted by atomic mass is 9.87. The van der Waals surface area contributed by atoms with Crippen molar-refractivity contribution in [2.45, 2.75) is 33.1 Å². The molecule has 0 unspecified atom stereocenters. The lowest BCUT2D eigenvalue weighted by molar-refractivity contribution is -0.120. The van der Waals surface area contributed by atoms with Crippen molar-refractivity contribution in [3.05, 3.63) is 95.4 Å². The topological polar surface area (TPSA) is 58.6 Å². The third-order valence-electron chi connectivity index (χ3n) is 5.62. The molecule has 0 radical (unpaired) electrons. The third kappa shape index (κ3) is 4.57. The van der Waals surface area contributed by atoms with Crippen molar-refractivity contribution in [3.63, 3.8) is 0 Å². The monoisotopic (exact) mass is 458 g/mol. The number of carbonyl (C=O) groups is 2. The summed E-state index contributed by atoms with van der Waals surface area (Å²) in [5.74, 6) is -0.925. The normalized spacial score (nSPS) is 14.1. The predicted molar refractivity (Wildman–Crippen MR) is 132 cm³/mol. The van der Waals surface area contributed by atoms with Crippen LogP contribution in [0.5, 0.6) is 5.75 Å². The van der Waals surface area contributed by atoms with Gasteiger partial charge in [-0.3, -0.25) is 9.59 Å². The van der Waals surface area contributed by atoms with Gasteiger partial charge in [0.25, 0.3) is 11.8 Å². The molecule has 1 aliphatic rings. The summed E-state index contributed by atoms with van der Waals surface area (Å²) >= 11 is 0. The van der Waals surface area contributed by atoms with Gasteiger partial charge < -0.3 is 10.1 Å². The number of rotatable bonds is 6. The number of nitrogens with zero attached hydrogens (tertiary/aromatic N) is 1. The molecule has 0 fully saturated rings. The maximum Gasteiger partial charge on any atom is 0.282 e. The van der Waals surface area contributed by atoms with E-state index in [1.807, 2.05) is 31.2 Å². The first-order valence-corrected chi connectivity index (χ1v) is 11.2. The Morgan fingerprint density at radius 1 is 0.912 bits per heavy atom. The van der Waals surface area contributed by atoms with Gasteiger partial charge in [-0.15, -0.1) is 0 Å². The number of halogens is 1. The van der Waals surface area contributed by atoms with Gasteiger partial charge in [-0.1, -0.05) is 51.1 Å². The Balaban J connectivity index is 1.76. The average molecular weight is 459 g/mol. The van der Waals surface area contributed by atoms with E-state index >= 15 is 0 Å². The molecular weight excluding hydrogens is 431 g/mol. The predicted octanol–water partition coefficient (Wildman–Crippen LogP) is 5.92. The fourth-order valence-electron chi connectivity index (χ4n) is 3.85. The molecule has 0 spiro atoms. The molecule has 6 heteroatoms. The maximum atomic E-state index is 13.9. The Morgan fingerprint density at radius 2 is 1.59 bits per heavy atom. The van der Waals surface area contributed by atoms with Crippen LogP contribution in [0.2, 0.25) is 0 Å². The molecule has 0 saturated heterocycles. The minimum absolute atomic E-state index is 0.0153. The van der Waals surface area contributed by atoms with Crippen LogP contribution < -0.4 is 15.0 Å². The largest absolute Gasteiger partial charge is 0.494 e. The second kappa shape index (κ2) is 9.14. The number of ether oxygens (including phenoxy) is 1. The van der Waals surface area contributed by atoms with Crippen molar-refractivity contribution in [1.82, 2.24) is 0 Å². The zero-order chi connectivity index (χ0) is 24.5. The summed E-state index contributed by atoms with van der Waals surface area (Å²) in [4.78, 5) is 27.9. The number of nitrogens with one attached hydrogen (secondary N) is 1. The molecular formula is C28H27FN2O3. The van der Waals surface area contributed by atoms with E-state index in [0.29, 0.717) is 23.6 Å². The number of amides is 2. The molecule has 0 saturated carbocycles. The summed E-state index contributed by atoms with van der Waals surface area (Å²) in [7, 11) is 0. The van der Waals surface area contributed by atoms with Crippen LogP contribution in [0.25, 0.3) is 5.57 Å². The van der Waals surface area contributed by atoms with Gasteiger partial charge in [0.1, 0.15) is 17.3 Å². The van der Waals surface area contributed by atoms with Gasteiger partial charge in [0.15, 0.2) is 0 Å². The van der Waals surface area contributed by atoms with Gasteiger partial charge in [0.05, 0.1) is 17.9 Å². The van der Waals surface area contributed by atoms with E-state index in [4.69, 9.17) is 4.74 Å². The summed E-state index contributed by atoms with van der Waals surface area (Å²) in [5, 5.41) is 3.14. The Bertz CT molecular complexity index is 1260. The first-order chi connectivity index (χ1) is 16.2. The molecule has 1 heterocycles. The van der Waals surface area contributed by atoms with Gasteiger partial charge >= 0.3 is 0 Å². The molecule has 2 amide bonds. The lowest BCUT2D eigenvalue weighted by Crippen LogP contribution is -2.32. The highest BCUT2D eigenvalue weighted by molar-refractivity contribution is 6.46. The SMILES string of the molecule is CCOc1ccc(C2=C(Nc3ccc(C(C)(C)C)cc3)C(=O)N(c3cccc(F)c3)C2=O)cc1. The van der Waals surface area contributed by atoms with Crippen LogP contribution >= 0.6 is 0 Å². The van der Waals surface area contributed by atoms with Crippen LogP contribution in [0, 0.1) is 5.82 Å². The zero-order valence-electron chi connectivity index (χ0n) is 19.7. The quantitative estimate of drug-likeness (QED) is 0.466. The lowest BCUT2D eigenvalue weighted by Gasteiger charge is -2.19. The van der Waals surface area contributed by atoms with Crippen LogP contribution in [0.15, 0.2) is 78.5 Å². The molecule has 0 atom stereocenters. The van der Waals surface area contributed by atoms with Crippen molar-refractivity contribution >= 4 is 28.8 Å². The fraction of sp³-hybridized carbons (Fsp3) is 0.214. The zero-order valence-corrected chi connectivity index (χ0v) is 19.7. The number of benzene rings is 3. The number of hydrogen-bond acceptors (Lipinski definition) is 4. The van der Waals surface area contributed by atoms with E-state index in [2.05, 4.69) is 26.1 Å². The second-order valence-electron chi connectivity index (χ2n) is 9.09. The highest BCUT2D eigenvalue weighted by Crippen LogP contribution is 2.35.